The minimum absolute atomic E-state index is 0.127. The zero-order valence-corrected chi connectivity index (χ0v) is 15.5. The second-order valence-electron chi connectivity index (χ2n) is 7.26. The molecule has 2 aromatic rings. The highest BCUT2D eigenvalue weighted by atomic mass is 16.6. The van der Waals surface area contributed by atoms with E-state index < -0.39 is 5.97 Å². The number of rotatable bonds is 4. The van der Waals surface area contributed by atoms with Crippen molar-refractivity contribution in [3.05, 3.63) is 71.3 Å². The first kappa shape index (κ1) is 18.5. The number of ether oxygens (including phenoxy) is 2. The molecule has 6 heteroatoms. The molecule has 2 fully saturated rings. The molecule has 3 unspecified atom stereocenters. The van der Waals surface area contributed by atoms with E-state index in [1.807, 2.05) is 30.3 Å². The lowest BCUT2D eigenvalue weighted by atomic mass is 9.82. The van der Waals surface area contributed by atoms with Crippen LogP contribution in [0.15, 0.2) is 54.6 Å². The molecule has 2 saturated heterocycles. The van der Waals surface area contributed by atoms with E-state index in [0.29, 0.717) is 13.2 Å². The summed E-state index contributed by atoms with van der Waals surface area (Å²) < 4.78 is 11.4. The number of aromatic carboxylic acids is 1. The van der Waals surface area contributed by atoms with Crippen LogP contribution in [-0.2, 0) is 16.1 Å². The summed E-state index contributed by atoms with van der Waals surface area (Å²) in [6.45, 7) is 1.47. The van der Waals surface area contributed by atoms with Crippen LogP contribution in [-0.4, -0.2) is 41.3 Å². The van der Waals surface area contributed by atoms with Gasteiger partial charge in [-0.1, -0.05) is 42.5 Å². The van der Waals surface area contributed by atoms with Crippen LogP contribution in [0.1, 0.15) is 40.4 Å². The first-order valence-corrected chi connectivity index (χ1v) is 9.55. The van der Waals surface area contributed by atoms with Crippen molar-refractivity contribution >= 4 is 12.1 Å². The van der Waals surface area contributed by atoms with Crippen molar-refractivity contribution in [2.24, 2.45) is 5.92 Å². The number of benzene rings is 2. The van der Waals surface area contributed by atoms with Crippen molar-refractivity contribution in [1.82, 2.24) is 4.90 Å². The van der Waals surface area contributed by atoms with E-state index in [4.69, 9.17) is 14.6 Å². The van der Waals surface area contributed by atoms with E-state index in [-0.39, 0.29) is 36.3 Å². The van der Waals surface area contributed by atoms with Crippen molar-refractivity contribution in [2.45, 2.75) is 31.6 Å². The number of carbonyl (C=O) groups excluding carboxylic acids is 1. The Bertz CT molecular complexity index is 836. The van der Waals surface area contributed by atoms with Gasteiger partial charge in [-0.15, -0.1) is 0 Å². The van der Waals surface area contributed by atoms with Crippen LogP contribution in [0.3, 0.4) is 0 Å². The zero-order chi connectivity index (χ0) is 19.5. The predicted octanol–water partition coefficient (Wildman–Crippen LogP) is 3.87. The van der Waals surface area contributed by atoms with Crippen molar-refractivity contribution in [3.63, 3.8) is 0 Å². The molecule has 1 N–H and O–H groups in total. The third-order valence-electron chi connectivity index (χ3n) is 5.60. The van der Waals surface area contributed by atoms with Crippen LogP contribution in [0.5, 0.6) is 0 Å². The minimum Gasteiger partial charge on any atom is -0.478 e. The fraction of sp³-hybridized carbons (Fsp3) is 0.364. The maximum Gasteiger partial charge on any atom is 0.410 e. The standard InChI is InChI=1S/C22H23NO5/c24-21(25)17-8-6-16(7-9-17)20-18-11-13-27-19(18)10-12-23(20)22(26)28-14-15-4-2-1-3-5-15/h1-9,18-20H,10-14H2,(H,24,25). The van der Waals surface area contributed by atoms with E-state index in [1.165, 1.54) is 0 Å². The monoisotopic (exact) mass is 381 g/mol. The molecule has 0 aliphatic carbocycles. The van der Waals surface area contributed by atoms with Gasteiger partial charge in [-0.2, -0.15) is 0 Å². The first-order chi connectivity index (χ1) is 13.6. The van der Waals surface area contributed by atoms with Crippen LogP contribution >= 0.6 is 0 Å². The Hall–Kier alpha value is -2.86. The fourth-order valence-electron chi connectivity index (χ4n) is 4.22. The van der Waals surface area contributed by atoms with Gasteiger partial charge in [0.1, 0.15) is 6.61 Å². The van der Waals surface area contributed by atoms with Crippen LogP contribution in [0.2, 0.25) is 0 Å². The number of carboxylic acid groups (broad SMARTS) is 1. The van der Waals surface area contributed by atoms with Crippen molar-refractivity contribution < 1.29 is 24.2 Å². The molecule has 0 radical (unpaired) electrons. The highest BCUT2D eigenvalue weighted by Crippen LogP contribution is 2.43. The quantitative estimate of drug-likeness (QED) is 0.870. The van der Waals surface area contributed by atoms with Gasteiger partial charge >= 0.3 is 12.1 Å². The van der Waals surface area contributed by atoms with Gasteiger partial charge in [0.2, 0.25) is 0 Å². The molecule has 0 bridgehead atoms. The number of hydrogen-bond acceptors (Lipinski definition) is 4. The van der Waals surface area contributed by atoms with E-state index >= 15 is 0 Å². The fourth-order valence-corrected chi connectivity index (χ4v) is 4.22. The lowest BCUT2D eigenvalue weighted by molar-refractivity contribution is -0.00428. The summed E-state index contributed by atoms with van der Waals surface area (Å²) >= 11 is 0. The van der Waals surface area contributed by atoms with Crippen LogP contribution in [0, 0.1) is 5.92 Å². The topological polar surface area (TPSA) is 76.1 Å². The highest BCUT2D eigenvalue weighted by molar-refractivity contribution is 5.87. The molecule has 2 aliphatic rings. The Kier molecular flexibility index (Phi) is 5.30. The maximum absolute atomic E-state index is 12.9. The Morgan fingerprint density at radius 1 is 1.07 bits per heavy atom. The van der Waals surface area contributed by atoms with Crippen LogP contribution in [0.4, 0.5) is 4.79 Å². The van der Waals surface area contributed by atoms with Crippen molar-refractivity contribution in [3.8, 4) is 0 Å². The van der Waals surface area contributed by atoms with Gasteiger partial charge < -0.3 is 19.5 Å². The van der Waals surface area contributed by atoms with Crippen molar-refractivity contribution in [1.29, 1.82) is 0 Å². The molecule has 0 saturated carbocycles. The van der Waals surface area contributed by atoms with Gasteiger partial charge in [0.25, 0.3) is 0 Å². The predicted molar refractivity (Wildman–Crippen MR) is 102 cm³/mol. The van der Waals surface area contributed by atoms with Gasteiger partial charge in [0, 0.05) is 19.1 Å². The Balaban J connectivity index is 1.55. The summed E-state index contributed by atoms with van der Waals surface area (Å²) in [6, 6.07) is 16.2. The third-order valence-corrected chi connectivity index (χ3v) is 5.60. The van der Waals surface area contributed by atoms with E-state index in [9.17, 15) is 9.59 Å². The number of carbonyl (C=O) groups is 2. The second kappa shape index (κ2) is 8.02. The number of piperidine rings is 1. The SMILES string of the molecule is O=C(O)c1ccc(C2C3CCOC3CCN2C(=O)OCc2ccccc2)cc1. The number of amides is 1. The molecule has 2 aliphatic heterocycles. The van der Waals surface area contributed by atoms with Gasteiger partial charge in [0.05, 0.1) is 17.7 Å². The summed E-state index contributed by atoms with van der Waals surface area (Å²) in [5.41, 5.74) is 2.09. The molecule has 3 atom stereocenters. The van der Waals surface area contributed by atoms with E-state index in [1.54, 1.807) is 29.2 Å². The van der Waals surface area contributed by atoms with Crippen molar-refractivity contribution in [2.75, 3.05) is 13.2 Å². The molecule has 2 heterocycles. The molecule has 146 valence electrons. The van der Waals surface area contributed by atoms with Gasteiger partial charge in [-0.05, 0) is 36.1 Å². The molecule has 2 aromatic carbocycles. The lowest BCUT2D eigenvalue weighted by Gasteiger charge is -2.41. The Morgan fingerprint density at radius 3 is 2.54 bits per heavy atom. The molecule has 4 rings (SSSR count). The van der Waals surface area contributed by atoms with Gasteiger partial charge in [-0.25, -0.2) is 9.59 Å². The zero-order valence-electron chi connectivity index (χ0n) is 15.5. The van der Waals surface area contributed by atoms with Gasteiger partial charge in [-0.3, -0.25) is 0 Å². The Labute approximate surface area is 163 Å². The Morgan fingerprint density at radius 2 is 1.82 bits per heavy atom. The summed E-state index contributed by atoms with van der Waals surface area (Å²) in [4.78, 5) is 25.8. The third kappa shape index (κ3) is 3.73. The minimum atomic E-state index is -0.962. The van der Waals surface area contributed by atoms with E-state index in [0.717, 1.165) is 24.0 Å². The summed E-state index contributed by atoms with van der Waals surface area (Å²) in [7, 11) is 0. The van der Waals surface area contributed by atoms with Crippen LogP contribution in [0.25, 0.3) is 0 Å². The normalized spacial score (nSPS) is 23.9. The number of carboxylic acids is 1. The van der Waals surface area contributed by atoms with Gasteiger partial charge in [0.15, 0.2) is 0 Å². The smallest absolute Gasteiger partial charge is 0.410 e. The number of nitrogens with zero attached hydrogens (tertiary/aromatic N) is 1. The molecular weight excluding hydrogens is 358 g/mol. The van der Waals surface area contributed by atoms with E-state index in [2.05, 4.69) is 0 Å². The number of likely N-dealkylation sites (tertiary alicyclic amines) is 1. The summed E-state index contributed by atoms with van der Waals surface area (Å²) in [5.74, 6) is -0.773. The molecule has 0 aromatic heterocycles. The second-order valence-corrected chi connectivity index (χ2v) is 7.26. The lowest BCUT2D eigenvalue weighted by Crippen LogP contribution is -2.47. The molecule has 6 nitrogen and oxygen atoms in total. The largest absolute Gasteiger partial charge is 0.478 e. The maximum atomic E-state index is 12.9. The molecule has 0 spiro atoms. The first-order valence-electron chi connectivity index (χ1n) is 9.55. The highest BCUT2D eigenvalue weighted by Gasteiger charge is 2.44. The average molecular weight is 381 g/mol. The summed E-state index contributed by atoms with van der Waals surface area (Å²) in [6.07, 6.45) is 1.44. The number of fused-ring (bicyclic) bond motifs is 1. The van der Waals surface area contributed by atoms with Crippen LogP contribution < -0.4 is 0 Å². The average Bonchev–Trinajstić information content (AvgIpc) is 3.21. The molecule has 28 heavy (non-hydrogen) atoms. The summed E-state index contributed by atoms with van der Waals surface area (Å²) in [5, 5.41) is 9.15. The molecule has 1 amide bonds. The number of hydrogen-bond donors (Lipinski definition) is 1. The molecular formula is C22H23NO5.